The molecule has 3 heterocycles. The van der Waals surface area contributed by atoms with Crippen molar-refractivity contribution in [3.05, 3.63) is 59.3 Å². The molecule has 0 aliphatic carbocycles. The molecule has 8 heteroatoms. The molecule has 1 amide bonds. The molecule has 3 aromatic rings. The van der Waals surface area contributed by atoms with Crippen LogP contribution >= 0.6 is 0 Å². The fraction of sp³-hybridized carbons (Fsp3) is 0.278. The molecule has 4 rings (SSSR count). The van der Waals surface area contributed by atoms with Crippen molar-refractivity contribution in [3.63, 3.8) is 0 Å². The summed E-state index contributed by atoms with van der Waals surface area (Å²) in [5.41, 5.74) is 0.412. The third-order valence-electron chi connectivity index (χ3n) is 4.37. The second kappa shape index (κ2) is 6.91. The van der Waals surface area contributed by atoms with Gasteiger partial charge in [-0.1, -0.05) is 12.1 Å². The monoisotopic (exact) mass is 351 g/mol. The Morgan fingerprint density at radius 3 is 2.96 bits per heavy atom. The van der Waals surface area contributed by atoms with Gasteiger partial charge in [-0.25, -0.2) is 4.98 Å². The molecule has 0 radical (unpaired) electrons. The number of amides is 1. The summed E-state index contributed by atoms with van der Waals surface area (Å²) < 4.78 is 7.09. The van der Waals surface area contributed by atoms with Crippen LogP contribution in [0.15, 0.2) is 53.7 Å². The molecule has 0 bridgehead atoms. The van der Waals surface area contributed by atoms with E-state index in [1.54, 1.807) is 41.4 Å². The van der Waals surface area contributed by atoms with E-state index < -0.39 is 0 Å². The molecule has 0 saturated carbocycles. The topological polar surface area (TPSA) is 90.2 Å². The van der Waals surface area contributed by atoms with Crippen LogP contribution in [0.25, 0.3) is 10.9 Å². The van der Waals surface area contributed by atoms with E-state index in [4.69, 9.17) is 4.74 Å². The third-order valence-corrected chi connectivity index (χ3v) is 4.37. The highest BCUT2D eigenvalue weighted by molar-refractivity contribution is 5.79. The first kappa shape index (κ1) is 16.2. The molecule has 0 N–H and O–H groups in total. The number of hydrogen-bond acceptors (Lipinski definition) is 6. The molecule has 1 fully saturated rings. The lowest BCUT2D eigenvalue weighted by molar-refractivity contribution is -0.131. The van der Waals surface area contributed by atoms with E-state index in [1.165, 1.54) is 10.9 Å². The number of hydrogen-bond donors (Lipinski definition) is 0. The van der Waals surface area contributed by atoms with Gasteiger partial charge in [-0.05, 0) is 18.2 Å². The Bertz CT molecular complexity index is 989. The van der Waals surface area contributed by atoms with Crippen LogP contribution in [0.4, 0.5) is 0 Å². The van der Waals surface area contributed by atoms with Gasteiger partial charge in [-0.3, -0.25) is 14.2 Å². The molecule has 1 aromatic carbocycles. The standard InChI is InChI=1S/C18H17N5O3/c24-17(11-23-12-19-15-5-2-1-4-14(15)18(23)25)22-9-7-13(10-22)26-16-6-3-8-20-21-16/h1-6,8,12-13H,7,9-11H2/t13-/m1/s1. The van der Waals surface area contributed by atoms with E-state index in [9.17, 15) is 9.59 Å². The van der Waals surface area contributed by atoms with E-state index in [2.05, 4.69) is 15.2 Å². The number of para-hydroxylation sites is 1. The molecule has 0 spiro atoms. The van der Waals surface area contributed by atoms with Gasteiger partial charge >= 0.3 is 0 Å². The molecule has 8 nitrogen and oxygen atoms in total. The summed E-state index contributed by atoms with van der Waals surface area (Å²) in [7, 11) is 0. The van der Waals surface area contributed by atoms with Crippen molar-refractivity contribution in [1.82, 2.24) is 24.6 Å². The Balaban J connectivity index is 1.43. The highest BCUT2D eigenvalue weighted by Crippen LogP contribution is 2.16. The molecule has 1 aliphatic heterocycles. The first-order chi connectivity index (χ1) is 12.7. The van der Waals surface area contributed by atoms with Gasteiger partial charge in [0, 0.05) is 25.2 Å². The van der Waals surface area contributed by atoms with Crippen LogP contribution in [0.5, 0.6) is 5.88 Å². The van der Waals surface area contributed by atoms with Gasteiger partial charge in [0.25, 0.3) is 5.56 Å². The highest BCUT2D eigenvalue weighted by Gasteiger charge is 2.28. The molecular formula is C18H17N5O3. The van der Waals surface area contributed by atoms with Crippen LogP contribution in [-0.4, -0.2) is 49.7 Å². The van der Waals surface area contributed by atoms with E-state index >= 15 is 0 Å². The van der Waals surface area contributed by atoms with E-state index in [-0.39, 0.29) is 24.1 Å². The molecule has 1 saturated heterocycles. The maximum Gasteiger partial charge on any atom is 0.261 e. The molecule has 1 aliphatic rings. The zero-order chi connectivity index (χ0) is 17.9. The highest BCUT2D eigenvalue weighted by atomic mass is 16.5. The number of ether oxygens (including phenoxy) is 1. The van der Waals surface area contributed by atoms with Gasteiger partial charge in [-0.2, -0.15) is 5.10 Å². The number of nitrogens with zero attached hydrogens (tertiary/aromatic N) is 5. The zero-order valence-electron chi connectivity index (χ0n) is 14.0. The number of benzene rings is 1. The fourth-order valence-corrected chi connectivity index (χ4v) is 3.04. The lowest BCUT2D eigenvalue weighted by atomic mass is 10.2. The minimum Gasteiger partial charge on any atom is -0.471 e. The predicted molar refractivity (Wildman–Crippen MR) is 93.6 cm³/mol. The number of likely N-dealkylation sites (tertiary alicyclic amines) is 1. The van der Waals surface area contributed by atoms with Crippen molar-refractivity contribution in [2.75, 3.05) is 13.1 Å². The molecule has 2 aromatic heterocycles. The normalized spacial score (nSPS) is 16.8. The largest absolute Gasteiger partial charge is 0.471 e. The Kier molecular flexibility index (Phi) is 4.30. The van der Waals surface area contributed by atoms with Crippen LogP contribution < -0.4 is 10.3 Å². The van der Waals surface area contributed by atoms with Crippen LogP contribution in [0.1, 0.15) is 6.42 Å². The number of rotatable bonds is 4. The first-order valence-corrected chi connectivity index (χ1v) is 8.37. The fourth-order valence-electron chi connectivity index (χ4n) is 3.04. The quantitative estimate of drug-likeness (QED) is 0.693. The number of carbonyl (C=O) groups excluding carboxylic acids is 1. The second-order valence-corrected chi connectivity index (χ2v) is 6.12. The van der Waals surface area contributed by atoms with Crippen molar-refractivity contribution in [1.29, 1.82) is 0 Å². The Hall–Kier alpha value is -3.29. The lowest BCUT2D eigenvalue weighted by Gasteiger charge is -2.17. The first-order valence-electron chi connectivity index (χ1n) is 8.37. The lowest BCUT2D eigenvalue weighted by Crippen LogP contribution is -2.36. The van der Waals surface area contributed by atoms with Crippen molar-refractivity contribution < 1.29 is 9.53 Å². The van der Waals surface area contributed by atoms with E-state index in [0.29, 0.717) is 36.3 Å². The van der Waals surface area contributed by atoms with Crippen molar-refractivity contribution in [2.24, 2.45) is 0 Å². The minimum atomic E-state index is -0.212. The van der Waals surface area contributed by atoms with Crippen LogP contribution in [-0.2, 0) is 11.3 Å². The maximum absolute atomic E-state index is 12.6. The van der Waals surface area contributed by atoms with Gasteiger partial charge in [0.15, 0.2) is 0 Å². The van der Waals surface area contributed by atoms with Crippen molar-refractivity contribution >= 4 is 16.8 Å². The number of carbonyl (C=O) groups is 1. The average Bonchev–Trinajstić information content (AvgIpc) is 3.14. The van der Waals surface area contributed by atoms with Gasteiger partial charge in [0.05, 0.1) is 23.8 Å². The summed E-state index contributed by atoms with van der Waals surface area (Å²) in [5.74, 6) is 0.316. The van der Waals surface area contributed by atoms with Crippen molar-refractivity contribution in [2.45, 2.75) is 19.1 Å². The Labute approximate surface area is 149 Å². The summed E-state index contributed by atoms with van der Waals surface area (Å²) in [6, 6.07) is 10.6. The predicted octanol–water partition coefficient (Wildman–Crippen LogP) is 0.866. The van der Waals surface area contributed by atoms with Crippen LogP contribution in [0.2, 0.25) is 0 Å². The van der Waals surface area contributed by atoms with Crippen LogP contribution in [0, 0.1) is 0 Å². The smallest absolute Gasteiger partial charge is 0.261 e. The molecule has 132 valence electrons. The van der Waals surface area contributed by atoms with Gasteiger partial charge in [0.1, 0.15) is 12.6 Å². The number of aromatic nitrogens is 4. The van der Waals surface area contributed by atoms with Gasteiger partial charge < -0.3 is 9.64 Å². The number of fused-ring (bicyclic) bond motifs is 1. The molecule has 0 unspecified atom stereocenters. The van der Waals surface area contributed by atoms with E-state index in [0.717, 1.165) is 0 Å². The second-order valence-electron chi connectivity index (χ2n) is 6.12. The molecular weight excluding hydrogens is 334 g/mol. The summed E-state index contributed by atoms with van der Waals surface area (Å²) in [6.45, 7) is 1.01. The zero-order valence-corrected chi connectivity index (χ0v) is 14.0. The van der Waals surface area contributed by atoms with E-state index in [1.807, 2.05) is 6.07 Å². The summed E-state index contributed by atoms with van der Waals surface area (Å²) >= 11 is 0. The van der Waals surface area contributed by atoms with Gasteiger partial charge in [0.2, 0.25) is 11.8 Å². The molecule has 1 atom stereocenters. The van der Waals surface area contributed by atoms with Crippen LogP contribution in [0.3, 0.4) is 0 Å². The van der Waals surface area contributed by atoms with Crippen molar-refractivity contribution in [3.8, 4) is 5.88 Å². The SMILES string of the molecule is O=C(Cn1cnc2ccccc2c1=O)N1CC[C@@H](Oc2cccnn2)C1. The minimum absolute atomic E-state index is 0.0332. The Morgan fingerprint density at radius 2 is 2.12 bits per heavy atom. The summed E-state index contributed by atoms with van der Waals surface area (Å²) in [6.07, 6.45) is 3.59. The van der Waals surface area contributed by atoms with Gasteiger partial charge in [-0.15, -0.1) is 5.10 Å². The third kappa shape index (κ3) is 3.26. The summed E-state index contributed by atoms with van der Waals surface area (Å²) in [4.78, 5) is 31.0. The Morgan fingerprint density at radius 1 is 1.23 bits per heavy atom. The summed E-state index contributed by atoms with van der Waals surface area (Å²) in [5, 5.41) is 8.17. The average molecular weight is 351 g/mol. The maximum atomic E-state index is 12.6. The molecule has 26 heavy (non-hydrogen) atoms.